The van der Waals surface area contributed by atoms with E-state index in [4.69, 9.17) is 16.5 Å². The molecule has 1 aliphatic rings. The van der Waals surface area contributed by atoms with Gasteiger partial charge < -0.3 is 4.74 Å². The summed E-state index contributed by atoms with van der Waals surface area (Å²) in [6.45, 7) is 4.02. The van der Waals surface area contributed by atoms with Crippen LogP contribution in [-0.4, -0.2) is 19.4 Å². The van der Waals surface area contributed by atoms with Crippen molar-refractivity contribution in [2.45, 2.75) is 6.92 Å². The van der Waals surface area contributed by atoms with Gasteiger partial charge in [0.1, 0.15) is 0 Å². The first kappa shape index (κ1) is 15.0. The van der Waals surface area contributed by atoms with Gasteiger partial charge in [0.2, 0.25) is 0 Å². The third-order valence-corrected chi connectivity index (χ3v) is 9.32. The predicted octanol–water partition coefficient (Wildman–Crippen LogP) is 3.40. The first-order valence-electron chi connectivity index (χ1n) is 7.48. The zero-order valence-corrected chi connectivity index (χ0v) is 14.0. The summed E-state index contributed by atoms with van der Waals surface area (Å²) in [7, 11) is 0. The Morgan fingerprint density at radius 1 is 0.952 bits per heavy atom. The average molecular weight is 316 g/mol. The first-order chi connectivity index (χ1) is 10.2. The molecule has 2 atom stereocenters. The fraction of sp³-hybridized carbons (Fsp3) is 0.333. The maximum Gasteiger partial charge on any atom is 0.0501 e. The van der Waals surface area contributed by atoms with Crippen molar-refractivity contribution in [3.63, 3.8) is 0 Å². The molecule has 0 radical (unpaired) electrons. The largest absolute Gasteiger partial charge is 0.381 e. The van der Waals surface area contributed by atoms with Crippen LogP contribution in [0.1, 0.15) is 6.92 Å². The van der Waals surface area contributed by atoms with Gasteiger partial charge in [-0.15, -0.1) is 0 Å². The van der Waals surface area contributed by atoms with Crippen LogP contribution >= 0.6 is 6.04 Å². The lowest BCUT2D eigenvalue weighted by Gasteiger charge is -2.27. The summed E-state index contributed by atoms with van der Waals surface area (Å²) in [5.74, 6) is 1.19. The van der Waals surface area contributed by atoms with E-state index in [1.165, 1.54) is 10.6 Å². The normalized spacial score (nSPS) is 22.3. The quantitative estimate of drug-likeness (QED) is 0.800. The summed E-state index contributed by atoms with van der Waals surface area (Å²) in [6, 6.07) is 19.6. The Labute approximate surface area is 132 Å². The molecule has 0 spiro atoms. The second kappa shape index (κ2) is 6.44. The van der Waals surface area contributed by atoms with Crippen molar-refractivity contribution in [3.8, 4) is 0 Å². The molecule has 2 aromatic carbocycles. The van der Waals surface area contributed by atoms with Gasteiger partial charge in [0, 0.05) is 12.6 Å². The lowest BCUT2D eigenvalue weighted by atomic mass is 10.0. The number of benzene rings is 2. The predicted molar refractivity (Wildman–Crippen MR) is 94.8 cm³/mol. The van der Waals surface area contributed by atoms with Crippen LogP contribution in [0.4, 0.5) is 0 Å². The summed E-state index contributed by atoms with van der Waals surface area (Å²) < 4.78 is 5.66. The van der Waals surface area contributed by atoms with E-state index < -0.39 is 6.04 Å². The molecule has 0 amide bonds. The molecule has 0 bridgehead atoms. The van der Waals surface area contributed by atoms with Crippen molar-refractivity contribution >= 4 is 28.5 Å². The van der Waals surface area contributed by atoms with Crippen molar-refractivity contribution < 1.29 is 4.74 Å². The van der Waals surface area contributed by atoms with Crippen LogP contribution in [-0.2, 0) is 16.5 Å². The molecule has 3 heteroatoms. The van der Waals surface area contributed by atoms with E-state index in [0.717, 1.165) is 19.4 Å². The van der Waals surface area contributed by atoms with Crippen LogP contribution in [0.25, 0.3) is 0 Å². The SMILES string of the molecule is C[C@@H]1COC[C@@H]1CP(=S)(c1ccccc1)c1ccccc1. The average Bonchev–Trinajstić information content (AvgIpc) is 2.94. The Morgan fingerprint density at radius 2 is 1.48 bits per heavy atom. The monoisotopic (exact) mass is 316 g/mol. The molecule has 3 rings (SSSR count). The molecule has 0 aromatic heterocycles. The maximum absolute atomic E-state index is 6.28. The van der Waals surface area contributed by atoms with Crippen LogP contribution in [0.5, 0.6) is 0 Å². The highest BCUT2D eigenvalue weighted by Gasteiger charge is 2.32. The molecule has 1 fully saturated rings. The molecule has 2 aromatic rings. The molecule has 0 N–H and O–H groups in total. The highest BCUT2D eigenvalue weighted by Crippen LogP contribution is 2.47. The number of hydrogen-bond donors (Lipinski definition) is 0. The minimum atomic E-state index is -1.76. The molecule has 1 aliphatic heterocycles. The van der Waals surface area contributed by atoms with Crippen LogP contribution in [0, 0.1) is 11.8 Å². The molecule has 1 nitrogen and oxygen atoms in total. The smallest absolute Gasteiger partial charge is 0.0501 e. The number of ether oxygens (including phenoxy) is 1. The Kier molecular flexibility index (Phi) is 4.59. The van der Waals surface area contributed by atoms with E-state index in [2.05, 4.69) is 67.6 Å². The fourth-order valence-electron chi connectivity index (χ4n) is 2.97. The Hall–Kier alpha value is -0.950. The summed E-state index contributed by atoms with van der Waals surface area (Å²) in [4.78, 5) is 0. The Balaban J connectivity index is 2.01. The molecule has 1 saturated heterocycles. The number of hydrogen-bond acceptors (Lipinski definition) is 2. The van der Waals surface area contributed by atoms with Crippen molar-refractivity contribution in [3.05, 3.63) is 60.7 Å². The molecular formula is C18H21OPS. The van der Waals surface area contributed by atoms with Crippen molar-refractivity contribution in [1.29, 1.82) is 0 Å². The van der Waals surface area contributed by atoms with E-state index in [-0.39, 0.29) is 0 Å². The molecule has 0 aliphatic carbocycles. The van der Waals surface area contributed by atoms with Crippen LogP contribution < -0.4 is 10.6 Å². The summed E-state index contributed by atoms with van der Waals surface area (Å²) in [5, 5.41) is 2.65. The van der Waals surface area contributed by atoms with Crippen molar-refractivity contribution in [1.82, 2.24) is 0 Å². The van der Waals surface area contributed by atoms with E-state index in [9.17, 15) is 0 Å². The fourth-order valence-corrected chi connectivity index (χ4v) is 7.42. The van der Waals surface area contributed by atoms with Gasteiger partial charge in [0.25, 0.3) is 0 Å². The summed E-state index contributed by atoms with van der Waals surface area (Å²) in [5.41, 5.74) is 0. The van der Waals surface area contributed by atoms with Gasteiger partial charge in [0.05, 0.1) is 6.61 Å². The van der Waals surface area contributed by atoms with Gasteiger partial charge in [-0.1, -0.05) is 79.4 Å². The van der Waals surface area contributed by atoms with Crippen LogP contribution in [0.2, 0.25) is 0 Å². The third kappa shape index (κ3) is 3.13. The minimum Gasteiger partial charge on any atom is -0.381 e. The van der Waals surface area contributed by atoms with Gasteiger partial charge in [0.15, 0.2) is 0 Å². The topological polar surface area (TPSA) is 9.23 Å². The third-order valence-electron chi connectivity index (χ3n) is 4.36. The highest BCUT2D eigenvalue weighted by atomic mass is 32.4. The lowest BCUT2D eigenvalue weighted by molar-refractivity contribution is 0.183. The van der Waals surface area contributed by atoms with E-state index >= 15 is 0 Å². The zero-order valence-electron chi connectivity index (χ0n) is 12.3. The molecule has 21 heavy (non-hydrogen) atoms. The Bertz CT molecular complexity index is 583. The minimum absolute atomic E-state index is 0.580. The van der Waals surface area contributed by atoms with Gasteiger partial charge in [-0.2, -0.15) is 0 Å². The molecular weight excluding hydrogens is 295 g/mol. The summed E-state index contributed by atoms with van der Waals surface area (Å²) >= 11 is 6.28. The first-order valence-corrected chi connectivity index (χ1v) is 10.5. The second-order valence-electron chi connectivity index (χ2n) is 5.87. The molecule has 0 saturated carbocycles. The molecule has 1 heterocycles. The molecule has 0 unspecified atom stereocenters. The standard InChI is InChI=1S/C18H21OPS/c1-15-12-19-13-16(15)14-20(21,17-8-4-2-5-9-17)18-10-6-3-7-11-18/h2-11,15-16H,12-14H2,1H3/t15-,16-/m1/s1. The second-order valence-corrected chi connectivity index (χ2v) is 10.6. The summed E-state index contributed by atoms with van der Waals surface area (Å²) in [6.07, 6.45) is 1.07. The van der Waals surface area contributed by atoms with Crippen LogP contribution in [0.3, 0.4) is 0 Å². The highest BCUT2D eigenvalue weighted by molar-refractivity contribution is 8.21. The Morgan fingerprint density at radius 3 is 1.90 bits per heavy atom. The van der Waals surface area contributed by atoms with E-state index in [1.54, 1.807) is 0 Å². The van der Waals surface area contributed by atoms with E-state index in [1.807, 2.05) is 0 Å². The van der Waals surface area contributed by atoms with Crippen LogP contribution in [0.15, 0.2) is 60.7 Å². The lowest BCUT2D eigenvalue weighted by Crippen LogP contribution is -2.24. The van der Waals surface area contributed by atoms with Crippen molar-refractivity contribution in [2.24, 2.45) is 11.8 Å². The van der Waals surface area contributed by atoms with E-state index in [0.29, 0.717) is 11.8 Å². The van der Waals surface area contributed by atoms with Gasteiger partial charge >= 0.3 is 0 Å². The van der Waals surface area contributed by atoms with Gasteiger partial charge in [-0.05, 0) is 28.6 Å². The van der Waals surface area contributed by atoms with Gasteiger partial charge in [-0.3, -0.25) is 0 Å². The molecule has 110 valence electrons. The maximum atomic E-state index is 6.28. The number of rotatable bonds is 4. The van der Waals surface area contributed by atoms with Gasteiger partial charge in [-0.25, -0.2) is 0 Å². The van der Waals surface area contributed by atoms with Crippen molar-refractivity contribution in [2.75, 3.05) is 19.4 Å². The zero-order chi connectivity index (χ0) is 14.7.